The third kappa shape index (κ3) is 3.68. The first kappa shape index (κ1) is 12.8. The fourth-order valence-corrected chi connectivity index (χ4v) is 3.67. The minimum Gasteiger partial charge on any atom is -0.370 e. The van der Waals surface area contributed by atoms with Crippen molar-refractivity contribution < 1.29 is 4.74 Å². The Labute approximate surface area is 102 Å². The molecule has 3 heteroatoms. The van der Waals surface area contributed by atoms with Crippen molar-refractivity contribution >= 4 is 8.58 Å². The van der Waals surface area contributed by atoms with Gasteiger partial charge in [-0.3, -0.25) is 0 Å². The van der Waals surface area contributed by atoms with Crippen molar-refractivity contribution in [3.8, 4) is 0 Å². The van der Waals surface area contributed by atoms with Crippen molar-refractivity contribution in [1.82, 2.24) is 5.32 Å². The predicted molar refractivity (Wildman–Crippen MR) is 71.6 cm³/mol. The van der Waals surface area contributed by atoms with Gasteiger partial charge in [-0.05, 0) is 45.2 Å². The molecule has 1 N–H and O–H groups in total. The van der Waals surface area contributed by atoms with Crippen LogP contribution in [0.15, 0.2) is 0 Å². The summed E-state index contributed by atoms with van der Waals surface area (Å²) in [6.45, 7) is 4.56. The van der Waals surface area contributed by atoms with E-state index in [1.54, 1.807) is 0 Å². The highest BCUT2D eigenvalue weighted by Gasteiger charge is 2.36. The van der Waals surface area contributed by atoms with Crippen LogP contribution in [0.3, 0.4) is 0 Å². The summed E-state index contributed by atoms with van der Waals surface area (Å²) in [6.07, 6.45) is 10.6. The zero-order chi connectivity index (χ0) is 11.4. The SMILES string of the molecule is CCCC1OC1CCCC1CCC(PC)N1. The lowest BCUT2D eigenvalue weighted by Crippen LogP contribution is -2.26. The lowest BCUT2D eigenvalue weighted by molar-refractivity contribution is 0.348. The topological polar surface area (TPSA) is 24.6 Å². The summed E-state index contributed by atoms with van der Waals surface area (Å²) in [6, 6.07) is 0.806. The molecule has 94 valence electrons. The number of ether oxygens (including phenoxy) is 1. The van der Waals surface area contributed by atoms with E-state index in [-0.39, 0.29) is 0 Å². The molecule has 2 nitrogen and oxygen atoms in total. The zero-order valence-corrected chi connectivity index (χ0v) is 11.7. The summed E-state index contributed by atoms with van der Waals surface area (Å²) in [5.74, 6) is 0.829. The minimum atomic E-state index is 0.616. The monoisotopic (exact) mass is 243 g/mol. The standard InChI is InChI=1S/C13H26NOP/c1-3-5-11-12(15-11)7-4-6-10-8-9-13(14-10)16-2/h10-14,16H,3-9H2,1-2H3. The third-order valence-corrected chi connectivity index (χ3v) is 5.04. The molecular formula is C13H26NOP. The van der Waals surface area contributed by atoms with E-state index < -0.39 is 0 Å². The van der Waals surface area contributed by atoms with E-state index >= 15 is 0 Å². The summed E-state index contributed by atoms with van der Waals surface area (Å²) in [4.78, 5) is 0. The van der Waals surface area contributed by atoms with Crippen LogP contribution in [-0.4, -0.2) is 30.7 Å². The molecular weight excluding hydrogens is 217 g/mol. The molecule has 5 unspecified atom stereocenters. The maximum Gasteiger partial charge on any atom is 0.0841 e. The summed E-state index contributed by atoms with van der Waals surface area (Å²) in [7, 11) is 1.07. The summed E-state index contributed by atoms with van der Waals surface area (Å²) in [5, 5.41) is 3.74. The molecule has 0 radical (unpaired) electrons. The molecule has 16 heavy (non-hydrogen) atoms. The molecule has 0 aliphatic carbocycles. The van der Waals surface area contributed by atoms with Crippen molar-refractivity contribution in [2.24, 2.45) is 0 Å². The largest absolute Gasteiger partial charge is 0.370 e. The molecule has 2 heterocycles. The van der Waals surface area contributed by atoms with Gasteiger partial charge in [0.15, 0.2) is 0 Å². The third-order valence-electron chi connectivity index (χ3n) is 3.89. The highest BCUT2D eigenvalue weighted by molar-refractivity contribution is 7.37. The highest BCUT2D eigenvalue weighted by atomic mass is 31.1. The molecule has 5 atom stereocenters. The molecule has 0 amide bonds. The Kier molecular flexibility index (Phi) is 5.06. The summed E-state index contributed by atoms with van der Waals surface area (Å²) in [5.41, 5.74) is 0. The minimum absolute atomic E-state index is 0.616. The molecule has 0 aromatic heterocycles. The molecule has 2 aliphatic rings. The van der Waals surface area contributed by atoms with Gasteiger partial charge in [-0.2, -0.15) is 0 Å². The average molecular weight is 243 g/mol. The number of hydrogen-bond donors (Lipinski definition) is 1. The number of rotatable bonds is 7. The van der Waals surface area contributed by atoms with Crippen molar-refractivity contribution in [2.75, 3.05) is 6.66 Å². The van der Waals surface area contributed by atoms with E-state index in [9.17, 15) is 0 Å². The second-order valence-electron chi connectivity index (χ2n) is 5.21. The average Bonchev–Trinajstić information content (AvgIpc) is 2.86. The molecule has 2 saturated heterocycles. The van der Waals surface area contributed by atoms with Crippen molar-refractivity contribution in [1.29, 1.82) is 0 Å². The van der Waals surface area contributed by atoms with Crippen LogP contribution in [0.25, 0.3) is 0 Å². The Hall–Kier alpha value is 0.350. The van der Waals surface area contributed by atoms with E-state index in [1.807, 2.05) is 0 Å². The zero-order valence-electron chi connectivity index (χ0n) is 10.7. The number of epoxide rings is 1. The summed E-state index contributed by atoms with van der Waals surface area (Å²) < 4.78 is 5.65. The molecule has 0 saturated carbocycles. The fourth-order valence-electron chi connectivity index (χ4n) is 2.81. The van der Waals surface area contributed by atoms with Gasteiger partial charge in [0.25, 0.3) is 0 Å². The lowest BCUT2D eigenvalue weighted by atomic mass is 10.0. The van der Waals surface area contributed by atoms with Crippen LogP contribution in [0, 0.1) is 0 Å². The van der Waals surface area contributed by atoms with Gasteiger partial charge >= 0.3 is 0 Å². The van der Waals surface area contributed by atoms with Gasteiger partial charge in [-0.15, -0.1) is 8.58 Å². The first-order valence-corrected chi connectivity index (χ1v) is 8.50. The molecule has 2 aliphatic heterocycles. The number of nitrogens with one attached hydrogen (secondary N) is 1. The van der Waals surface area contributed by atoms with Gasteiger partial charge < -0.3 is 10.1 Å². The van der Waals surface area contributed by atoms with Crippen LogP contribution < -0.4 is 5.32 Å². The maximum atomic E-state index is 5.65. The summed E-state index contributed by atoms with van der Waals surface area (Å²) >= 11 is 0. The van der Waals surface area contributed by atoms with E-state index in [0.717, 1.165) is 20.4 Å². The second kappa shape index (κ2) is 6.33. The second-order valence-corrected chi connectivity index (χ2v) is 6.49. The molecule has 0 aromatic rings. The van der Waals surface area contributed by atoms with Crippen LogP contribution >= 0.6 is 8.58 Å². The predicted octanol–water partition coefficient (Wildman–Crippen LogP) is 3.11. The van der Waals surface area contributed by atoms with Gasteiger partial charge in [-0.1, -0.05) is 13.3 Å². The van der Waals surface area contributed by atoms with Crippen molar-refractivity contribution in [3.05, 3.63) is 0 Å². The molecule has 0 spiro atoms. The Balaban J connectivity index is 1.50. The van der Waals surface area contributed by atoms with Gasteiger partial charge in [0.2, 0.25) is 0 Å². The normalized spacial score (nSPS) is 38.6. The van der Waals surface area contributed by atoms with Crippen LogP contribution in [0.4, 0.5) is 0 Å². The van der Waals surface area contributed by atoms with Crippen molar-refractivity contribution in [2.45, 2.75) is 75.9 Å². The van der Waals surface area contributed by atoms with E-state index in [1.165, 1.54) is 44.9 Å². The quantitative estimate of drug-likeness (QED) is 0.549. The Morgan fingerprint density at radius 3 is 2.69 bits per heavy atom. The van der Waals surface area contributed by atoms with Crippen LogP contribution in [0.1, 0.15) is 51.9 Å². The number of hydrogen-bond acceptors (Lipinski definition) is 2. The van der Waals surface area contributed by atoms with Gasteiger partial charge in [0.05, 0.1) is 12.2 Å². The van der Waals surface area contributed by atoms with Crippen LogP contribution in [0.5, 0.6) is 0 Å². The van der Waals surface area contributed by atoms with Crippen molar-refractivity contribution in [3.63, 3.8) is 0 Å². The first-order valence-electron chi connectivity index (χ1n) is 6.92. The van der Waals surface area contributed by atoms with E-state index in [4.69, 9.17) is 4.74 Å². The van der Waals surface area contributed by atoms with Gasteiger partial charge in [-0.25, -0.2) is 0 Å². The molecule has 2 rings (SSSR count). The Bertz CT molecular complexity index is 212. The van der Waals surface area contributed by atoms with E-state index in [2.05, 4.69) is 18.9 Å². The van der Waals surface area contributed by atoms with E-state index in [0.29, 0.717) is 12.2 Å². The smallest absolute Gasteiger partial charge is 0.0841 e. The highest BCUT2D eigenvalue weighted by Crippen LogP contribution is 2.32. The fraction of sp³-hybridized carbons (Fsp3) is 1.00. The molecule has 0 aromatic carbocycles. The van der Waals surface area contributed by atoms with Crippen LogP contribution in [-0.2, 0) is 4.74 Å². The maximum absolute atomic E-state index is 5.65. The van der Waals surface area contributed by atoms with Gasteiger partial charge in [0.1, 0.15) is 0 Å². The van der Waals surface area contributed by atoms with Gasteiger partial charge in [0, 0.05) is 11.8 Å². The van der Waals surface area contributed by atoms with Crippen LogP contribution in [0.2, 0.25) is 0 Å². The Morgan fingerprint density at radius 2 is 2.00 bits per heavy atom. The molecule has 0 bridgehead atoms. The molecule has 2 fully saturated rings. The Morgan fingerprint density at radius 1 is 1.19 bits per heavy atom. The first-order chi connectivity index (χ1) is 7.83. The lowest BCUT2D eigenvalue weighted by Gasteiger charge is -2.12.